The normalized spacial score (nSPS) is 16.2. The molecule has 3 rings (SSSR count). The summed E-state index contributed by atoms with van der Waals surface area (Å²) in [5.74, 6) is 1.46. The smallest absolute Gasteiger partial charge is 0.234 e. The van der Waals surface area contributed by atoms with E-state index in [9.17, 15) is 0 Å². The molecule has 3 heterocycles. The van der Waals surface area contributed by atoms with E-state index in [-0.39, 0.29) is 6.10 Å². The van der Waals surface area contributed by atoms with Gasteiger partial charge in [-0.15, -0.1) is 0 Å². The topological polar surface area (TPSA) is 67.5 Å². The molecule has 0 aliphatic carbocycles. The number of hydrogen-bond donors (Lipinski definition) is 0. The minimum Gasteiger partial charge on any atom is -0.474 e. The first-order chi connectivity index (χ1) is 10.7. The first kappa shape index (κ1) is 14.8. The van der Waals surface area contributed by atoms with Crippen LogP contribution in [0.3, 0.4) is 0 Å². The summed E-state index contributed by atoms with van der Waals surface area (Å²) in [5.41, 5.74) is 0.973. The maximum atomic E-state index is 5.61. The predicted octanol–water partition coefficient (Wildman–Crippen LogP) is 1.57. The van der Waals surface area contributed by atoms with Crippen LogP contribution in [0.5, 0.6) is 5.88 Å². The Morgan fingerprint density at radius 1 is 1.23 bits per heavy atom. The quantitative estimate of drug-likeness (QED) is 0.830. The molecule has 2 aromatic heterocycles. The van der Waals surface area contributed by atoms with Crippen LogP contribution in [0.25, 0.3) is 0 Å². The van der Waals surface area contributed by atoms with Crippen LogP contribution in [0.15, 0.2) is 29.2 Å². The highest BCUT2D eigenvalue weighted by molar-refractivity contribution is 5.38. The first-order valence-electron chi connectivity index (χ1n) is 7.56. The van der Waals surface area contributed by atoms with Crippen molar-refractivity contribution in [3.63, 3.8) is 0 Å². The standard InChI is InChI=1S/C15H21N5O2/c1-12(2)22-15-10-16-9-14(17-15)20-6-4-19(5-7-20)11-13-3-8-21-18-13/h3,8-10,12H,4-7,11H2,1-2H3. The van der Waals surface area contributed by atoms with Crippen LogP contribution in [-0.4, -0.2) is 52.3 Å². The predicted molar refractivity (Wildman–Crippen MR) is 81.8 cm³/mol. The molecule has 1 aliphatic heterocycles. The molecule has 0 bridgehead atoms. The van der Waals surface area contributed by atoms with Gasteiger partial charge in [0.2, 0.25) is 5.88 Å². The monoisotopic (exact) mass is 303 g/mol. The van der Waals surface area contributed by atoms with Crippen molar-refractivity contribution in [3.8, 4) is 5.88 Å². The second-order valence-electron chi connectivity index (χ2n) is 5.64. The van der Waals surface area contributed by atoms with E-state index < -0.39 is 0 Å². The second-order valence-corrected chi connectivity index (χ2v) is 5.64. The van der Waals surface area contributed by atoms with E-state index in [4.69, 9.17) is 9.26 Å². The fourth-order valence-corrected chi connectivity index (χ4v) is 2.47. The summed E-state index contributed by atoms with van der Waals surface area (Å²) < 4.78 is 10.5. The van der Waals surface area contributed by atoms with E-state index in [1.165, 1.54) is 0 Å². The molecule has 0 N–H and O–H groups in total. The zero-order valence-electron chi connectivity index (χ0n) is 13.0. The molecule has 0 amide bonds. The van der Waals surface area contributed by atoms with Crippen LogP contribution < -0.4 is 9.64 Å². The van der Waals surface area contributed by atoms with Gasteiger partial charge in [-0.3, -0.25) is 9.88 Å². The molecule has 1 aliphatic rings. The van der Waals surface area contributed by atoms with E-state index in [0.29, 0.717) is 5.88 Å². The Labute approximate surface area is 129 Å². The van der Waals surface area contributed by atoms with Crippen LogP contribution in [-0.2, 0) is 6.54 Å². The van der Waals surface area contributed by atoms with Crippen molar-refractivity contribution >= 4 is 5.82 Å². The Balaban J connectivity index is 1.56. The largest absolute Gasteiger partial charge is 0.474 e. The lowest BCUT2D eigenvalue weighted by Gasteiger charge is -2.34. The van der Waals surface area contributed by atoms with Crippen molar-refractivity contribution < 1.29 is 9.26 Å². The van der Waals surface area contributed by atoms with Gasteiger partial charge in [0.25, 0.3) is 0 Å². The molecule has 2 aromatic rings. The number of aromatic nitrogens is 3. The molecule has 0 spiro atoms. The summed E-state index contributed by atoms with van der Waals surface area (Å²) in [5, 5.41) is 3.96. The average molecular weight is 303 g/mol. The second kappa shape index (κ2) is 6.74. The molecule has 1 fully saturated rings. The van der Waals surface area contributed by atoms with Gasteiger partial charge in [-0.25, -0.2) is 0 Å². The molecule has 22 heavy (non-hydrogen) atoms. The van der Waals surface area contributed by atoms with Gasteiger partial charge in [-0.1, -0.05) is 5.16 Å². The molecule has 0 saturated carbocycles. The van der Waals surface area contributed by atoms with E-state index in [1.807, 2.05) is 19.9 Å². The molecule has 7 heteroatoms. The van der Waals surface area contributed by atoms with E-state index >= 15 is 0 Å². The van der Waals surface area contributed by atoms with Gasteiger partial charge < -0.3 is 14.2 Å². The molecular weight excluding hydrogens is 282 g/mol. The third-order valence-electron chi connectivity index (χ3n) is 3.53. The van der Waals surface area contributed by atoms with Crippen LogP contribution in [0.4, 0.5) is 5.82 Å². The maximum absolute atomic E-state index is 5.61. The Kier molecular flexibility index (Phi) is 4.53. The summed E-state index contributed by atoms with van der Waals surface area (Å²) in [6.07, 6.45) is 5.16. The third kappa shape index (κ3) is 3.73. The Hall–Kier alpha value is -2.15. The third-order valence-corrected chi connectivity index (χ3v) is 3.53. The molecule has 1 saturated heterocycles. The zero-order chi connectivity index (χ0) is 15.4. The highest BCUT2D eigenvalue weighted by Gasteiger charge is 2.19. The lowest BCUT2D eigenvalue weighted by molar-refractivity contribution is 0.229. The Bertz CT molecular complexity index is 579. The van der Waals surface area contributed by atoms with Crippen molar-refractivity contribution in [1.82, 2.24) is 20.0 Å². The average Bonchev–Trinajstić information content (AvgIpc) is 3.01. The molecule has 0 aromatic carbocycles. The van der Waals surface area contributed by atoms with Crippen LogP contribution in [0.1, 0.15) is 19.5 Å². The summed E-state index contributed by atoms with van der Waals surface area (Å²) in [6.45, 7) is 8.55. The number of nitrogens with zero attached hydrogens (tertiary/aromatic N) is 5. The molecule has 7 nitrogen and oxygen atoms in total. The number of anilines is 1. The molecule has 0 atom stereocenters. The Morgan fingerprint density at radius 2 is 2.05 bits per heavy atom. The lowest BCUT2D eigenvalue weighted by Crippen LogP contribution is -2.46. The number of ether oxygens (including phenoxy) is 1. The van der Waals surface area contributed by atoms with Gasteiger partial charge >= 0.3 is 0 Å². The van der Waals surface area contributed by atoms with Crippen molar-refractivity contribution in [2.75, 3.05) is 31.1 Å². The first-order valence-corrected chi connectivity index (χ1v) is 7.56. The van der Waals surface area contributed by atoms with Crippen molar-refractivity contribution in [1.29, 1.82) is 0 Å². The van der Waals surface area contributed by atoms with E-state index in [2.05, 4.69) is 24.9 Å². The van der Waals surface area contributed by atoms with Crippen molar-refractivity contribution in [2.24, 2.45) is 0 Å². The number of hydrogen-bond acceptors (Lipinski definition) is 7. The molecule has 118 valence electrons. The number of piperazine rings is 1. The van der Waals surface area contributed by atoms with Gasteiger partial charge in [0.1, 0.15) is 6.26 Å². The van der Waals surface area contributed by atoms with Crippen molar-refractivity contribution in [3.05, 3.63) is 30.4 Å². The number of rotatable bonds is 5. The van der Waals surface area contributed by atoms with Crippen molar-refractivity contribution in [2.45, 2.75) is 26.5 Å². The van der Waals surface area contributed by atoms with Gasteiger partial charge in [0.05, 0.1) is 24.2 Å². The fourth-order valence-electron chi connectivity index (χ4n) is 2.47. The summed E-state index contributed by atoms with van der Waals surface area (Å²) >= 11 is 0. The molecule has 0 radical (unpaired) electrons. The van der Waals surface area contributed by atoms with Gasteiger partial charge in [-0.05, 0) is 13.8 Å². The van der Waals surface area contributed by atoms with E-state index in [1.54, 1.807) is 18.7 Å². The maximum Gasteiger partial charge on any atom is 0.234 e. The van der Waals surface area contributed by atoms with Crippen LogP contribution in [0, 0.1) is 0 Å². The van der Waals surface area contributed by atoms with E-state index in [0.717, 1.165) is 44.2 Å². The van der Waals surface area contributed by atoms with Gasteiger partial charge in [0, 0.05) is 38.8 Å². The molecular formula is C15H21N5O2. The van der Waals surface area contributed by atoms with Crippen LogP contribution >= 0.6 is 0 Å². The van der Waals surface area contributed by atoms with Gasteiger partial charge in [-0.2, -0.15) is 4.98 Å². The SMILES string of the molecule is CC(C)Oc1cncc(N2CCN(Cc3ccon3)CC2)n1. The lowest BCUT2D eigenvalue weighted by atomic mass is 10.3. The summed E-state index contributed by atoms with van der Waals surface area (Å²) in [7, 11) is 0. The van der Waals surface area contributed by atoms with Crippen LogP contribution in [0.2, 0.25) is 0 Å². The minimum atomic E-state index is 0.101. The molecule has 0 unspecified atom stereocenters. The highest BCUT2D eigenvalue weighted by Crippen LogP contribution is 2.17. The Morgan fingerprint density at radius 3 is 2.73 bits per heavy atom. The van der Waals surface area contributed by atoms with Gasteiger partial charge in [0.15, 0.2) is 5.82 Å². The highest BCUT2D eigenvalue weighted by atomic mass is 16.5. The summed E-state index contributed by atoms with van der Waals surface area (Å²) in [4.78, 5) is 13.4. The zero-order valence-corrected chi connectivity index (χ0v) is 13.0. The fraction of sp³-hybridized carbons (Fsp3) is 0.533. The minimum absolute atomic E-state index is 0.101. The summed E-state index contributed by atoms with van der Waals surface area (Å²) in [6, 6.07) is 1.91.